The Balaban J connectivity index is 2.06. The van der Waals surface area contributed by atoms with Crippen molar-refractivity contribution in [2.75, 3.05) is 5.32 Å². The van der Waals surface area contributed by atoms with Gasteiger partial charge in [-0.3, -0.25) is 4.79 Å². The van der Waals surface area contributed by atoms with Gasteiger partial charge in [-0.2, -0.15) is 0 Å². The molecule has 0 radical (unpaired) electrons. The Morgan fingerprint density at radius 2 is 1.95 bits per heavy atom. The first-order valence-electron chi connectivity index (χ1n) is 6.66. The van der Waals surface area contributed by atoms with E-state index in [-0.39, 0.29) is 12.3 Å². The van der Waals surface area contributed by atoms with E-state index in [0.29, 0.717) is 16.8 Å². The van der Waals surface area contributed by atoms with Crippen molar-refractivity contribution in [1.82, 2.24) is 0 Å². The fraction of sp³-hybridized carbons (Fsp3) is 0.167. The highest BCUT2D eigenvalue weighted by Gasteiger charge is 2.26. The average Bonchev–Trinajstić information content (AvgIpc) is 2.47. The van der Waals surface area contributed by atoms with Crippen LogP contribution < -0.4 is 5.32 Å². The normalized spacial score (nSPS) is 13.0. The number of hydrogen-bond acceptors (Lipinski definition) is 2. The average molecular weight is 279 g/mol. The van der Waals surface area contributed by atoms with Gasteiger partial charge in [0.1, 0.15) is 0 Å². The van der Waals surface area contributed by atoms with Crippen LogP contribution in [0.25, 0.3) is 0 Å². The van der Waals surface area contributed by atoms with Crippen molar-refractivity contribution in [3.05, 3.63) is 65.7 Å². The number of amides is 1. The Bertz CT molecular complexity index is 669. The molecule has 2 aromatic carbocycles. The molecule has 0 saturated heterocycles. The summed E-state index contributed by atoms with van der Waals surface area (Å²) in [7, 11) is 0. The minimum atomic E-state index is -1.21. The van der Waals surface area contributed by atoms with Crippen molar-refractivity contribution in [3.63, 3.8) is 0 Å². The minimum absolute atomic E-state index is 0.0305. The lowest BCUT2D eigenvalue weighted by Crippen LogP contribution is -2.28. The fourth-order valence-corrected chi connectivity index (χ4v) is 2.10. The molecule has 0 saturated carbocycles. The predicted molar refractivity (Wildman–Crippen MR) is 83.6 cm³/mol. The SMILES string of the molecule is C#Cc1cccc(NC(=O)CC(C)(O)c2ccccc2)c1. The summed E-state index contributed by atoms with van der Waals surface area (Å²) in [6.07, 6.45) is 5.29. The van der Waals surface area contributed by atoms with Gasteiger partial charge in [0.05, 0.1) is 12.0 Å². The number of rotatable bonds is 4. The molecule has 3 nitrogen and oxygen atoms in total. The van der Waals surface area contributed by atoms with E-state index in [0.717, 1.165) is 0 Å². The Morgan fingerprint density at radius 1 is 1.24 bits per heavy atom. The molecule has 0 heterocycles. The Kier molecular flexibility index (Phi) is 4.42. The van der Waals surface area contributed by atoms with Gasteiger partial charge in [0.25, 0.3) is 0 Å². The van der Waals surface area contributed by atoms with E-state index in [9.17, 15) is 9.90 Å². The topological polar surface area (TPSA) is 49.3 Å². The monoisotopic (exact) mass is 279 g/mol. The maximum absolute atomic E-state index is 12.1. The number of aliphatic hydroxyl groups is 1. The van der Waals surface area contributed by atoms with Gasteiger partial charge in [0.15, 0.2) is 0 Å². The summed E-state index contributed by atoms with van der Waals surface area (Å²) in [5.74, 6) is 2.25. The summed E-state index contributed by atoms with van der Waals surface area (Å²) in [6, 6.07) is 16.2. The summed E-state index contributed by atoms with van der Waals surface area (Å²) in [6.45, 7) is 1.62. The van der Waals surface area contributed by atoms with Crippen LogP contribution in [0.5, 0.6) is 0 Å². The second-order valence-corrected chi connectivity index (χ2v) is 5.09. The van der Waals surface area contributed by atoms with Crippen LogP contribution in [0.4, 0.5) is 5.69 Å². The Hall–Kier alpha value is -2.57. The number of benzene rings is 2. The molecule has 2 rings (SSSR count). The van der Waals surface area contributed by atoms with Crippen LogP contribution in [0.3, 0.4) is 0 Å². The van der Waals surface area contributed by atoms with Crippen molar-refractivity contribution in [3.8, 4) is 12.3 Å². The fourth-order valence-electron chi connectivity index (χ4n) is 2.10. The van der Waals surface area contributed by atoms with E-state index in [1.807, 2.05) is 18.2 Å². The zero-order valence-electron chi connectivity index (χ0n) is 11.8. The van der Waals surface area contributed by atoms with Gasteiger partial charge in [-0.25, -0.2) is 0 Å². The van der Waals surface area contributed by atoms with Crippen molar-refractivity contribution in [1.29, 1.82) is 0 Å². The van der Waals surface area contributed by atoms with Crippen molar-refractivity contribution in [2.45, 2.75) is 18.9 Å². The molecule has 0 bridgehead atoms. The number of anilines is 1. The van der Waals surface area contributed by atoms with Crippen LogP contribution in [-0.4, -0.2) is 11.0 Å². The maximum atomic E-state index is 12.1. The zero-order chi connectivity index (χ0) is 15.3. The highest BCUT2D eigenvalue weighted by molar-refractivity contribution is 5.91. The lowest BCUT2D eigenvalue weighted by atomic mass is 9.92. The molecular weight excluding hydrogens is 262 g/mol. The van der Waals surface area contributed by atoms with Crippen LogP contribution in [0.1, 0.15) is 24.5 Å². The van der Waals surface area contributed by atoms with E-state index in [1.165, 1.54) is 0 Å². The summed E-state index contributed by atoms with van der Waals surface area (Å²) in [5.41, 5.74) is 0.814. The first kappa shape index (κ1) is 14.8. The lowest BCUT2D eigenvalue weighted by Gasteiger charge is -2.23. The molecule has 0 aliphatic heterocycles. The highest BCUT2D eigenvalue weighted by atomic mass is 16.3. The minimum Gasteiger partial charge on any atom is -0.385 e. The third kappa shape index (κ3) is 3.95. The number of hydrogen-bond donors (Lipinski definition) is 2. The Labute approximate surface area is 124 Å². The van der Waals surface area contributed by atoms with E-state index in [4.69, 9.17) is 6.42 Å². The second kappa shape index (κ2) is 6.25. The standard InChI is InChI=1S/C18H17NO2/c1-3-14-8-7-11-16(12-14)19-17(20)13-18(2,21)15-9-5-4-6-10-15/h1,4-12,21H,13H2,2H3,(H,19,20). The third-order valence-electron chi connectivity index (χ3n) is 3.21. The first-order valence-corrected chi connectivity index (χ1v) is 6.66. The van der Waals surface area contributed by atoms with Gasteiger partial charge in [-0.1, -0.05) is 42.3 Å². The number of carbonyl (C=O) groups excluding carboxylic acids is 1. The van der Waals surface area contributed by atoms with Gasteiger partial charge >= 0.3 is 0 Å². The van der Waals surface area contributed by atoms with E-state index in [2.05, 4.69) is 11.2 Å². The van der Waals surface area contributed by atoms with Gasteiger partial charge < -0.3 is 10.4 Å². The third-order valence-corrected chi connectivity index (χ3v) is 3.21. The van der Waals surface area contributed by atoms with Gasteiger partial charge in [-0.15, -0.1) is 6.42 Å². The van der Waals surface area contributed by atoms with Crippen LogP contribution in [0, 0.1) is 12.3 Å². The second-order valence-electron chi connectivity index (χ2n) is 5.09. The van der Waals surface area contributed by atoms with Gasteiger partial charge in [0, 0.05) is 11.3 Å². The summed E-state index contributed by atoms with van der Waals surface area (Å²) in [4.78, 5) is 12.1. The molecular formula is C18H17NO2. The summed E-state index contributed by atoms with van der Waals surface area (Å²) in [5, 5.41) is 13.2. The first-order chi connectivity index (χ1) is 10.0. The molecule has 0 aromatic heterocycles. The molecule has 1 atom stereocenters. The molecule has 3 heteroatoms. The smallest absolute Gasteiger partial charge is 0.227 e. The largest absolute Gasteiger partial charge is 0.385 e. The molecule has 1 unspecified atom stereocenters. The van der Waals surface area contributed by atoms with E-state index >= 15 is 0 Å². The molecule has 106 valence electrons. The Morgan fingerprint density at radius 3 is 2.62 bits per heavy atom. The van der Waals surface area contributed by atoms with Crippen molar-refractivity contribution in [2.24, 2.45) is 0 Å². The number of terminal acetylenes is 1. The maximum Gasteiger partial charge on any atom is 0.227 e. The van der Waals surface area contributed by atoms with Crippen LogP contribution in [0.2, 0.25) is 0 Å². The molecule has 0 fully saturated rings. The molecule has 0 aliphatic carbocycles. The van der Waals surface area contributed by atoms with Gasteiger partial charge in [-0.05, 0) is 30.7 Å². The molecule has 0 spiro atoms. The lowest BCUT2D eigenvalue weighted by molar-refractivity contribution is -0.120. The predicted octanol–water partition coefficient (Wildman–Crippen LogP) is 2.90. The molecule has 21 heavy (non-hydrogen) atoms. The van der Waals surface area contributed by atoms with Gasteiger partial charge in [0.2, 0.25) is 5.91 Å². The molecule has 0 aliphatic rings. The molecule has 2 aromatic rings. The van der Waals surface area contributed by atoms with E-state index < -0.39 is 5.60 Å². The molecule has 2 N–H and O–H groups in total. The summed E-state index contributed by atoms with van der Waals surface area (Å²) >= 11 is 0. The number of nitrogens with one attached hydrogen (secondary N) is 1. The van der Waals surface area contributed by atoms with Crippen LogP contribution in [0.15, 0.2) is 54.6 Å². The van der Waals surface area contributed by atoms with Crippen LogP contribution in [-0.2, 0) is 10.4 Å². The summed E-state index contributed by atoms with van der Waals surface area (Å²) < 4.78 is 0. The number of carbonyl (C=O) groups is 1. The zero-order valence-corrected chi connectivity index (χ0v) is 11.8. The molecule has 1 amide bonds. The van der Waals surface area contributed by atoms with Crippen molar-refractivity contribution < 1.29 is 9.90 Å². The van der Waals surface area contributed by atoms with E-state index in [1.54, 1.807) is 43.3 Å². The van der Waals surface area contributed by atoms with Crippen LogP contribution >= 0.6 is 0 Å². The quantitative estimate of drug-likeness (QED) is 0.845. The highest BCUT2D eigenvalue weighted by Crippen LogP contribution is 2.24. The van der Waals surface area contributed by atoms with Crippen molar-refractivity contribution >= 4 is 11.6 Å².